The number of hydrogen-bond acceptors (Lipinski definition) is 5. The lowest BCUT2D eigenvalue weighted by Gasteiger charge is -2.30. The van der Waals surface area contributed by atoms with Gasteiger partial charge in [0, 0.05) is 13.1 Å². The van der Waals surface area contributed by atoms with Crippen molar-refractivity contribution in [2.45, 2.75) is 49.2 Å². The zero-order valence-electron chi connectivity index (χ0n) is 18.5. The average molecular weight is 499 g/mol. The molecule has 11 heteroatoms. The van der Waals surface area contributed by atoms with E-state index >= 15 is 0 Å². The highest BCUT2D eigenvalue weighted by atomic mass is 32.2. The summed E-state index contributed by atoms with van der Waals surface area (Å²) >= 11 is 0. The summed E-state index contributed by atoms with van der Waals surface area (Å²) in [4.78, 5) is 24.3. The minimum atomic E-state index is -4.66. The predicted molar refractivity (Wildman–Crippen MR) is 119 cm³/mol. The number of para-hydroxylation sites is 1. The number of nitrogens with one attached hydrogen (secondary N) is 1. The lowest BCUT2D eigenvalue weighted by molar-refractivity contribution is -0.137. The maximum Gasteiger partial charge on any atom is 0.418 e. The fraction of sp³-hybridized carbons (Fsp3) is 0.391. The van der Waals surface area contributed by atoms with Gasteiger partial charge in [0.05, 0.1) is 21.7 Å². The van der Waals surface area contributed by atoms with Gasteiger partial charge in [-0.3, -0.25) is 4.79 Å². The van der Waals surface area contributed by atoms with Crippen molar-refractivity contribution in [2.75, 3.05) is 19.0 Å². The van der Waals surface area contributed by atoms with Crippen molar-refractivity contribution in [2.24, 2.45) is 0 Å². The lowest BCUT2D eigenvalue weighted by atomic mass is 9.96. The minimum Gasteiger partial charge on any atom is -0.452 e. The molecule has 1 fully saturated rings. The largest absolute Gasteiger partial charge is 0.452 e. The first-order chi connectivity index (χ1) is 16.0. The molecular formula is C23H25F3N2O5S. The number of alkyl halides is 3. The molecule has 7 nitrogen and oxygen atoms in total. The van der Waals surface area contributed by atoms with Gasteiger partial charge in [-0.25, -0.2) is 13.2 Å². The first kappa shape index (κ1) is 25.7. The van der Waals surface area contributed by atoms with E-state index in [2.05, 4.69) is 5.32 Å². The molecule has 0 spiro atoms. The van der Waals surface area contributed by atoms with E-state index < -0.39 is 45.9 Å². The Hall–Kier alpha value is -2.92. The van der Waals surface area contributed by atoms with Crippen molar-refractivity contribution >= 4 is 27.6 Å². The van der Waals surface area contributed by atoms with Gasteiger partial charge in [0.1, 0.15) is 0 Å². The monoisotopic (exact) mass is 498 g/mol. The van der Waals surface area contributed by atoms with Crippen molar-refractivity contribution in [3.05, 3.63) is 59.7 Å². The van der Waals surface area contributed by atoms with Gasteiger partial charge in [0.2, 0.25) is 10.0 Å². The maximum absolute atomic E-state index is 13.0. The average Bonchev–Trinajstić information content (AvgIpc) is 2.82. The van der Waals surface area contributed by atoms with Crippen LogP contribution in [0.15, 0.2) is 53.4 Å². The SMILES string of the molecule is CN(C1CCCCC1)S(=O)(=O)c1ccc(C(=O)OCC(=O)Nc2ccccc2C(F)(F)F)cc1. The molecule has 1 N–H and O–H groups in total. The van der Waals surface area contributed by atoms with Crippen molar-refractivity contribution in [3.8, 4) is 0 Å². The lowest BCUT2D eigenvalue weighted by Crippen LogP contribution is -2.38. The second kappa shape index (κ2) is 10.6. The second-order valence-electron chi connectivity index (χ2n) is 8.01. The number of benzene rings is 2. The Balaban J connectivity index is 1.59. The van der Waals surface area contributed by atoms with Crippen LogP contribution in [0.25, 0.3) is 0 Å². The number of ether oxygens (including phenoxy) is 1. The summed E-state index contributed by atoms with van der Waals surface area (Å²) in [5, 5.41) is 2.08. The zero-order chi connectivity index (χ0) is 24.9. The smallest absolute Gasteiger partial charge is 0.418 e. The van der Waals surface area contributed by atoms with E-state index in [-0.39, 0.29) is 16.5 Å². The second-order valence-corrected chi connectivity index (χ2v) is 10.0. The number of carbonyl (C=O) groups excluding carboxylic acids is 2. The van der Waals surface area contributed by atoms with E-state index in [0.29, 0.717) is 0 Å². The number of sulfonamides is 1. The van der Waals surface area contributed by atoms with E-state index in [4.69, 9.17) is 4.74 Å². The van der Waals surface area contributed by atoms with Crippen LogP contribution in [-0.4, -0.2) is 44.3 Å². The number of esters is 1. The number of carbonyl (C=O) groups is 2. The molecule has 0 aromatic heterocycles. The Bertz CT molecular complexity index is 1130. The molecule has 1 aliphatic carbocycles. The first-order valence-electron chi connectivity index (χ1n) is 10.7. The molecule has 0 saturated heterocycles. The van der Waals surface area contributed by atoms with Crippen molar-refractivity contribution in [1.82, 2.24) is 4.31 Å². The van der Waals surface area contributed by atoms with E-state index in [1.807, 2.05) is 0 Å². The van der Waals surface area contributed by atoms with Crippen LogP contribution in [0.3, 0.4) is 0 Å². The van der Waals surface area contributed by atoms with E-state index in [0.717, 1.165) is 44.2 Å². The fourth-order valence-corrected chi connectivity index (χ4v) is 5.23. The van der Waals surface area contributed by atoms with E-state index in [1.54, 1.807) is 7.05 Å². The molecule has 0 heterocycles. The molecule has 2 aromatic rings. The highest BCUT2D eigenvalue weighted by Gasteiger charge is 2.33. The van der Waals surface area contributed by atoms with Crippen LogP contribution >= 0.6 is 0 Å². The quantitative estimate of drug-likeness (QED) is 0.570. The molecule has 184 valence electrons. The Kier molecular flexibility index (Phi) is 7.98. The molecular weight excluding hydrogens is 473 g/mol. The van der Waals surface area contributed by atoms with Crippen LogP contribution in [0, 0.1) is 0 Å². The third-order valence-corrected chi connectivity index (χ3v) is 7.62. The number of halogens is 3. The van der Waals surface area contributed by atoms with Crippen molar-refractivity contribution in [3.63, 3.8) is 0 Å². The van der Waals surface area contributed by atoms with Crippen LogP contribution in [0.4, 0.5) is 18.9 Å². The van der Waals surface area contributed by atoms with Crippen molar-refractivity contribution in [1.29, 1.82) is 0 Å². The number of nitrogens with zero attached hydrogens (tertiary/aromatic N) is 1. The summed E-state index contributed by atoms with van der Waals surface area (Å²) in [6.07, 6.45) is -0.0115. The highest BCUT2D eigenvalue weighted by molar-refractivity contribution is 7.89. The van der Waals surface area contributed by atoms with Crippen LogP contribution in [0.5, 0.6) is 0 Å². The normalized spacial score (nSPS) is 15.2. The van der Waals surface area contributed by atoms with Gasteiger partial charge >= 0.3 is 12.1 Å². The third kappa shape index (κ3) is 6.15. The third-order valence-electron chi connectivity index (χ3n) is 5.70. The topological polar surface area (TPSA) is 92.8 Å². The van der Waals surface area contributed by atoms with Gasteiger partial charge in [-0.2, -0.15) is 17.5 Å². The molecule has 3 rings (SSSR count). The number of hydrogen-bond donors (Lipinski definition) is 1. The maximum atomic E-state index is 13.0. The highest BCUT2D eigenvalue weighted by Crippen LogP contribution is 2.34. The number of rotatable bonds is 7. The Morgan fingerprint density at radius 1 is 1.03 bits per heavy atom. The summed E-state index contributed by atoms with van der Waals surface area (Å²) in [6.45, 7) is -0.810. The Morgan fingerprint density at radius 3 is 2.26 bits per heavy atom. The summed E-state index contributed by atoms with van der Waals surface area (Å²) in [7, 11) is -2.19. The fourth-order valence-electron chi connectivity index (χ4n) is 3.81. The number of anilines is 1. The predicted octanol–water partition coefficient (Wildman–Crippen LogP) is 4.45. The van der Waals surface area contributed by atoms with Crippen molar-refractivity contribution < 1.29 is 35.9 Å². The van der Waals surface area contributed by atoms with E-state index in [1.165, 1.54) is 40.7 Å². The van der Waals surface area contributed by atoms with Gasteiger partial charge in [-0.1, -0.05) is 31.4 Å². The standard InChI is InChI=1S/C23H25F3N2O5S/c1-28(17-7-3-2-4-8-17)34(31,32)18-13-11-16(12-14-18)22(30)33-15-21(29)27-20-10-6-5-9-19(20)23(24,25)26/h5-6,9-14,17H,2-4,7-8,15H2,1H3,(H,27,29). The van der Waals surface area contributed by atoms with Crippen LogP contribution < -0.4 is 5.32 Å². The molecule has 0 bridgehead atoms. The molecule has 0 radical (unpaired) electrons. The van der Waals surface area contributed by atoms with Crippen LogP contribution in [-0.2, 0) is 25.7 Å². The molecule has 1 amide bonds. The molecule has 0 atom stereocenters. The summed E-state index contributed by atoms with van der Waals surface area (Å²) in [6, 6.07) is 9.46. The van der Waals surface area contributed by atoms with Gasteiger partial charge < -0.3 is 10.1 Å². The Morgan fingerprint density at radius 2 is 1.65 bits per heavy atom. The molecule has 0 aliphatic heterocycles. The van der Waals surface area contributed by atoms with Gasteiger partial charge in [0.15, 0.2) is 6.61 Å². The van der Waals surface area contributed by atoms with Gasteiger partial charge in [0.25, 0.3) is 5.91 Å². The zero-order valence-corrected chi connectivity index (χ0v) is 19.3. The molecule has 2 aromatic carbocycles. The first-order valence-corrected chi connectivity index (χ1v) is 12.2. The summed E-state index contributed by atoms with van der Waals surface area (Å²) in [5.41, 5.74) is -1.47. The van der Waals surface area contributed by atoms with Gasteiger partial charge in [-0.05, 0) is 49.2 Å². The number of amides is 1. The Labute approximate surface area is 196 Å². The van der Waals surface area contributed by atoms with Crippen LogP contribution in [0.1, 0.15) is 48.0 Å². The molecule has 34 heavy (non-hydrogen) atoms. The molecule has 1 saturated carbocycles. The van der Waals surface area contributed by atoms with Crippen LogP contribution in [0.2, 0.25) is 0 Å². The molecule has 1 aliphatic rings. The summed E-state index contributed by atoms with van der Waals surface area (Å²) < 4.78 is 71.1. The van der Waals surface area contributed by atoms with Gasteiger partial charge in [-0.15, -0.1) is 0 Å². The minimum absolute atomic E-state index is 0.00256. The molecule has 0 unspecified atom stereocenters. The summed E-state index contributed by atoms with van der Waals surface area (Å²) in [5.74, 6) is -1.86. The van der Waals surface area contributed by atoms with E-state index in [9.17, 15) is 31.2 Å².